The molecule has 1 aliphatic heterocycles. The van der Waals surface area contributed by atoms with E-state index in [1.165, 1.54) is 13.2 Å². The Bertz CT molecular complexity index is 418. The molecule has 1 aliphatic rings. The average Bonchev–Trinajstić information content (AvgIpc) is 2.33. The first-order valence-electron chi connectivity index (χ1n) is 6.19. The van der Waals surface area contributed by atoms with Crippen LogP contribution >= 0.6 is 0 Å². The number of benzene rings is 1. The van der Waals surface area contributed by atoms with Crippen molar-refractivity contribution in [1.82, 2.24) is 5.32 Å². The molecule has 2 rings (SSSR count). The zero-order valence-corrected chi connectivity index (χ0v) is 11.1. The van der Waals surface area contributed by atoms with E-state index < -0.39 is 0 Å². The van der Waals surface area contributed by atoms with Crippen molar-refractivity contribution in [3.8, 4) is 5.75 Å². The number of ether oxygens (including phenoxy) is 2. The summed E-state index contributed by atoms with van der Waals surface area (Å²) < 4.78 is 23.7. The third kappa shape index (κ3) is 2.82. The molecule has 0 radical (unpaired) electrons. The molecular formula is C14H20FNO2. The molecule has 1 heterocycles. The van der Waals surface area contributed by atoms with E-state index in [-0.39, 0.29) is 23.0 Å². The van der Waals surface area contributed by atoms with Gasteiger partial charge in [-0.3, -0.25) is 0 Å². The highest BCUT2D eigenvalue weighted by Crippen LogP contribution is 2.27. The van der Waals surface area contributed by atoms with Gasteiger partial charge in [0.2, 0.25) is 0 Å². The van der Waals surface area contributed by atoms with Crippen LogP contribution in [0.15, 0.2) is 18.2 Å². The molecule has 0 aromatic heterocycles. The fraction of sp³-hybridized carbons (Fsp3) is 0.571. The minimum Gasteiger partial charge on any atom is -0.494 e. The lowest BCUT2D eigenvalue weighted by Gasteiger charge is -2.39. The quantitative estimate of drug-likeness (QED) is 0.874. The summed E-state index contributed by atoms with van der Waals surface area (Å²) in [6.45, 7) is 6.68. The highest BCUT2D eigenvalue weighted by molar-refractivity contribution is 5.30. The van der Waals surface area contributed by atoms with Gasteiger partial charge >= 0.3 is 0 Å². The second-order valence-corrected chi connectivity index (χ2v) is 5.30. The summed E-state index contributed by atoms with van der Waals surface area (Å²) in [4.78, 5) is 0. The van der Waals surface area contributed by atoms with E-state index in [2.05, 4.69) is 12.2 Å². The van der Waals surface area contributed by atoms with Crippen molar-refractivity contribution in [3.63, 3.8) is 0 Å². The molecule has 0 bridgehead atoms. The first kappa shape index (κ1) is 13.3. The summed E-state index contributed by atoms with van der Waals surface area (Å²) in [5, 5.41) is 3.42. The third-order valence-corrected chi connectivity index (χ3v) is 3.41. The molecule has 0 spiro atoms. The van der Waals surface area contributed by atoms with Crippen LogP contribution in [-0.4, -0.2) is 26.9 Å². The minimum absolute atomic E-state index is 0.114. The SMILES string of the molecule is COc1ccc(C(C)NCC2(C)COC2)cc1F. The van der Waals surface area contributed by atoms with Crippen LogP contribution in [0.4, 0.5) is 4.39 Å². The van der Waals surface area contributed by atoms with E-state index >= 15 is 0 Å². The topological polar surface area (TPSA) is 30.5 Å². The minimum atomic E-state index is -0.318. The molecule has 1 fully saturated rings. The standard InChI is InChI=1S/C14H20FNO2/c1-10(16-7-14(2)8-18-9-14)11-4-5-13(17-3)12(15)6-11/h4-6,10,16H,7-9H2,1-3H3. The van der Waals surface area contributed by atoms with Crippen molar-refractivity contribution >= 4 is 0 Å². The van der Waals surface area contributed by atoms with Crippen molar-refractivity contribution in [2.75, 3.05) is 26.9 Å². The lowest BCUT2D eigenvalue weighted by Crippen LogP contribution is -2.47. The van der Waals surface area contributed by atoms with Crippen LogP contribution in [-0.2, 0) is 4.74 Å². The van der Waals surface area contributed by atoms with E-state index in [1.54, 1.807) is 6.07 Å². The van der Waals surface area contributed by atoms with Gasteiger partial charge in [-0.05, 0) is 24.6 Å². The normalized spacial score (nSPS) is 19.1. The molecule has 1 aromatic rings. The first-order valence-corrected chi connectivity index (χ1v) is 6.19. The monoisotopic (exact) mass is 253 g/mol. The lowest BCUT2D eigenvalue weighted by molar-refractivity contribution is -0.0999. The van der Waals surface area contributed by atoms with Crippen molar-refractivity contribution in [2.24, 2.45) is 5.41 Å². The second-order valence-electron chi connectivity index (χ2n) is 5.30. The number of hydrogen-bond donors (Lipinski definition) is 1. The lowest BCUT2D eigenvalue weighted by atomic mass is 9.88. The van der Waals surface area contributed by atoms with Crippen molar-refractivity contribution in [3.05, 3.63) is 29.6 Å². The predicted octanol–water partition coefficient (Wildman–Crippen LogP) is 2.52. The van der Waals surface area contributed by atoms with E-state index in [0.29, 0.717) is 0 Å². The molecule has 1 unspecified atom stereocenters. The van der Waals surface area contributed by atoms with Crippen molar-refractivity contribution in [1.29, 1.82) is 0 Å². The summed E-state index contributed by atoms with van der Waals surface area (Å²) in [6, 6.07) is 5.19. The maximum atomic E-state index is 13.6. The molecule has 4 heteroatoms. The van der Waals surface area contributed by atoms with Crippen molar-refractivity contribution < 1.29 is 13.9 Å². The van der Waals surface area contributed by atoms with Crippen LogP contribution in [0.3, 0.4) is 0 Å². The van der Waals surface area contributed by atoms with E-state index in [1.807, 2.05) is 13.0 Å². The van der Waals surface area contributed by atoms with Crippen LogP contribution < -0.4 is 10.1 Å². The Morgan fingerprint density at radius 1 is 1.50 bits per heavy atom. The number of hydrogen-bond acceptors (Lipinski definition) is 3. The number of methoxy groups -OCH3 is 1. The largest absolute Gasteiger partial charge is 0.494 e. The van der Waals surface area contributed by atoms with Crippen LogP contribution in [0.2, 0.25) is 0 Å². The Kier molecular flexibility index (Phi) is 3.88. The first-order chi connectivity index (χ1) is 8.54. The Hall–Kier alpha value is -1.13. The number of nitrogens with one attached hydrogen (secondary N) is 1. The van der Waals surface area contributed by atoms with Gasteiger partial charge in [0.1, 0.15) is 0 Å². The van der Waals surface area contributed by atoms with E-state index in [0.717, 1.165) is 25.3 Å². The van der Waals surface area contributed by atoms with Gasteiger partial charge in [-0.1, -0.05) is 13.0 Å². The second kappa shape index (κ2) is 5.24. The summed E-state index contributed by atoms with van der Waals surface area (Å²) >= 11 is 0. The number of rotatable bonds is 5. The fourth-order valence-corrected chi connectivity index (χ4v) is 2.02. The Balaban J connectivity index is 1.95. The van der Waals surface area contributed by atoms with Crippen LogP contribution in [0.5, 0.6) is 5.75 Å². The van der Waals surface area contributed by atoms with Gasteiger partial charge in [-0.2, -0.15) is 0 Å². The van der Waals surface area contributed by atoms with Crippen LogP contribution in [0.25, 0.3) is 0 Å². The van der Waals surface area contributed by atoms with Gasteiger partial charge in [0.25, 0.3) is 0 Å². The van der Waals surface area contributed by atoms with E-state index in [9.17, 15) is 4.39 Å². The highest BCUT2D eigenvalue weighted by Gasteiger charge is 2.33. The van der Waals surface area contributed by atoms with Gasteiger partial charge in [0, 0.05) is 18.0 Å². The van der Waals surface area contributed by atoms with Gasteiger partial charge in [0.15, 0.2) is 11.6 Å². The molecule has 1 aromatic carbocycles. The van der Waals surface area contributed by atoms with Gasteiger partial charge in [0.05, 0.1) is 20.3 Å². The molecule has 100 valence electrons. The summed E-state index contributed by atoms with van der Waals surface area (Å²) in [5.41, 5.74) is 1.15. The molecule has 1 N–H and O–H groups in total. The van der Waals surface area contributed by atoms with Gasteiger partial charge in [-0.15, -0.1) is 0 Å². The molecular weight excluding hydrogens is 233 g/mol. The van der Waals surface area contributed by atoms with Gasteiger partial charge < -0.3 is 14.8 Å². The fourth-order valence-electron chi connectivity index (χ4n) is 2.02. The molecule has 3 nitrogen and oxygen atoms in total. The predicted molar refractivity (Wildman–Crippen MR) is 68.3 cm³/mol. The van der Waals surface area contributed by atoms with Crippen molar-refractivity contribution in [2.45, 2.75) is 19.9 Å². The van der Waals surface area contributed by atoms with E-state index in [4.69, 9.17) is 9.47 Å². The van der Waals surface area contributed by atoms with Crippen LogP contribution in [0, 0.1) is 11.2 Å². The molecule has 0 aliphatic carbocycles. The summed E-state index contributed by atoms with van der Waals surface area (Å²) in [5.74, 6) is -0.0351. The van der Waals surface area contributed by atoms with Crippen LogP contribution in [0.1, 0.15) is 25.5 Å². The molecule has 1 saturated heterocycles. The summed E-state index contributed by atoms with van der Waals surface area (Å²) in [6.07, 6.45) is 0. The molecule has 18 heavy (non-hydrogen) atoms. The molecule has 0 amide bonds. The molecule has 0 saturated carbocycles. The Morgan fingerprint density at radius 3 is 2.72 bits per heavy atom. The average molecular weight is 253 g/mol. The third-order valence-electron chi connectivity index (χ3n) is 3.41. The Morgan fingerprint density at radius 2 is 2.22 bits per heavy atom. The zero-order valence-electron chi connectivity index (χ0n) is 11.1. The zero-order chi connectivity index (χ0) is 13.2. The number of halogens is 1. The maximum Gasteiger partial charge on any atom is 0.165 e. The van der Waals surface area contributed by atoms with Gasteiger partial charge in [-0.25, -0.2) is 4.39 Å². The highest BCUT2D eigenvalue weighted by atomic mass is 19.1. The Labute approximate surface area is 107 Å². The summed E-state index contributed by atoms with van der Waals surface area (Å²) in [7, 11) is 1.47. The smallest absolute Gasteiger partial charge is 0.165 e. The maximum absolute atomic E-state index is 13.6. The molecule has 1 atom stereocenters.